The summed E-state index contributed by atoms with van der Waals surface area (Å²) in [6.45, 7) is 0.654. The fourth-order valence-electron chi connectivity index (χ4n) is 2.94. The summed E-state index contributed by atoms with van der Waals surface area (Å²) in [7, 11) is 0. The summed E-state index contributed by atoms with van der Waals surface area (Å²) in [6, 6.07) is 11.6. The van der Waals surface area contributed by atoms with Gasteiger partial charge in [-0.05, 0) is 12.1 Å². The maximum atomic E-state index is 12.7. The van der Waals surface area contributed by atoms with Crippen molar-refractivity contribution in [2.75, 3.05) is 11.6 Å². The zero-order chi connectivity index (χ0) is 18.8. The summed E-state index contributed by atoms with van der Waals surface area (Å²) >= 11 is 0. The molecule has 4 rings (SSSR count). The molecule has 1 aliphatic heterocycles. The minimum Gasteiger partial charge on any atom is -0.372 e. The van der Waals surface area contributed by atoms with Crippen LogP contribution < -0.4 is 15.5 Å². The number of aromatic amines is 1. The van der Waals surface area contributed by atoms with Crippen LogP contribution in [0, 0.1) is 10.1 Å². The third-order valence-electron chi connectivity index (χ3n) is 4.28. The summed E-state index contributed by atoms with van der Waals surface area (Å²) in [5.41, 5.74) is 2.12. The van der Waals surface area contributed by atoms with Gasteiger partial charge in [0.25, 0.3) is 11.6 Å². The molecule has 2 aromatic carbocycles. The molecular weight excluding hydrogens is 348 g/mol. The zero-order valence-corrected chi connectivity index (χ0v) is 14.2. The molecule has 0 saturated carbocycles. The van der Waals surface area contributed by atoms with Gasteiger partial charge in [-0.25, -0.2) is 4.98 Å². The predicted octanol–water partition coefficient (Wildman–Crippen LogP) is 2.24. The molecule has 3 aromatic rings. The summed E-state index contributed by atoms with van der Waals surface area (Å²) in [4.78, 5) is 32.9. The summed E-state index contributed by atoms with van der Waals surface area (Å²) in [5, 5.41) is 16.9. The number of rotatable bonds is 5. The van der Waals surface area contributed by atoms with Crippen LogP contribution in [0.4, 0.5) is 11.6 Å². The fourth-order valence-corrected chi connectivity index (χ4v) is 2.94. The Bertz CT molecular complexity index is 1060. The molecule has 0 saturated heterocycles. The molecule has 0 spiro atoms. The number of amides is 1. The van der Waals surface area contributed by atoms with Crippen LogP contribution in [0.25, 0.3) is 11.0 Å². The quantitative estimate of drug-likeness (QED) is 0.472. The number of nitro groups is 1. The van der Waals surface area contributed by atoms with Crippen LogP contribution in [0.1, 0.15) is 15.9 Å². The number of anilines is 1. The molecule has 0 aliphatic carbocycles. The number of imidazole rings is 1. The van der Waals surface area contributed by atoms with Crippen LogP contribution in [0.15, 0.2) is 54.9 Å². The first-order valence-electron chi connectivity index (χ1n) is 8.29. The number of nitro benzene ring substituents is 1. The van der Waals surface area contributed by atoms with Crippen molar-refractivity contribution in [3.8, 4) is 0 Å². The molecular formula is C18H16N6O3. The summed E-state index contributed by atoms with van der Waals surface area (Å²) in [6.07, 6.45) is 3.67. The van der Waals surface area contributed by atoms with Crippen LogP contribution in [0.5, 0.6) is 0 Å². The Morgan fingerprint density at radius 2 is 2.11 bits per heavy atom. The Kier molecular flexibility index (Phi) is 4.17. The average molecular weight is 364 g/mol. The van der Waals surface area contributed by atoms with Crippen molar-refractivity contribution >= 4 is 28.6 Å². The van der Waals surface area contributed by atoms with E-state index >= 15 is 0 Å². The van der Waals surface area contributed by atoms with Crippen molar-refractivity contribution in [2.45, 2.75) is 6.54 Å². The van der Waals surface area contributed by atoms with Gasteiger partial charge in [-0.15, -0.1) is 0 Å². The number of hydrogen-bond donors (Lipinski definition) is 3. The third-order valence-corrected chi connectivity index (χ3v) is 4.28. The highest BCUT2D eigenvalue weighted by Gasteiger charge is 2.18. The molecule has 136 valence electrons. The highest BCUT2D eigenvalue weighted by molar-refractivity contribution is 6.05. The molecule has 9 heteroatoms. The summed E-state index contributed by atoms with van der Waals surface area (Å²) in [5.74, 6) is 0.289. The lowest BCUT2D eigenvalue weighted by Gasteiger charge is -2.09. The summed E-state index contributed by atoms with van der Waals surface area (Å²) < 4.78 is 0. The average Bonchev–Trinajstić information content (AvgIpc) is 3.35. The molecule has 0 fully saturated rings. The fraction of sp³-hybridized carbons (Fsp3) is 0.111. The number of carbonyl (C=O) groups excluding carboxylic acids is 1. The number of nitrogens with zero attached hydrogens (tertiary/aromatic N) is 3. The predicted molar refractivity (Wildman–Crippen MR) is 100.0 cm³/mol. The first-order chi connectivity index (χ1) is 13.1. The Hall–Kier alpha value is -3.88. The highest BCUT2D eigenvalue weighted by Crippen LogP contribution is 2.22. The van der Waals surface area contributed by atoms with Crippen molar-refractivity contribution in [3.05, 3.63) is 76.1 Å². The lowest BCUT2D eigenvalue weighted by molar-refractivity contribution is -0.385. The number of fused-ring (bicyclic) bond motifs is 1. The van der Waals surface area contributed by atoms with E-state index in [0.717, 1.165) is 5.52 Å². The van der Waals surface area contributed by atoms with E-state index in [9.17, 15) is 14.9 Å². The van der Waals surface area contributed by atoms with Crippen LogP contribution in [-0.2, 0) is 6.54 Å². The van der Waals surface area contributed by atoms with E-state index in [1.807, 2.05) is 23.4 Å². The van der Waals surface area contributed by atoms with E-state index in [0.29, 0.717) is 29.3 Å². The molecule has 0 radical (unpaired) electrons. The van der Waals surface area contributed by atoms with Crippen molar-refractivity contribution < 1.29 is 9.72 Å². The Morgan fingerprint density at radius 1 is 1.26 bits per heavy atom. The number of aromatic nitrogens is 2. The van der Waals surface area contributed by atoms with Gasteiger partial charge in [-0.2, -0.15) is 0 Å². The van der Waals surface area contributed by atoms with Crippen LogP contribution in [0.2, 0.25) is 0 Å². The molecule has 1 amide bonds. The molecule has 0 atom stereocenters. The first kappa shape index (κ1) is 16.6. The van der Waals surface area contributed by atoms with E-state index in [4.69, 9.17) is 0 Å². The van der Waals surface area contributed by atoms with Crippen molar-refractivity contribution in [3.63, 3.8) is 0 Å². The maximum absolute atomic E-state index is 12.7. The van der Waals surface area contributed by atoms with Gasteiger partial charge in [0.2, 0.25) is 5.95 Å². The number of H-pyrrole nitrogens is 1. The topological polar surface area (TPSA) is 116 Å². The number of carbonyl (C=O) groups is 1. The zero-order valence-electron chi connectivity index (χ0n) is 14.2. The van der Waals surface area contributed by atoms with Crippen molar-refractivity contribution in [1.82, 2.24) is 20.6 Å². The van der Waals surface area contributed by atoms with E-state index in [1.165, 1.54) is 6.07 Å². The van der Waals surface area contributed by atoms with Crippen LogP contribution >= 0.6 is 0 Å². The first-order valence-corrected chi connectivity index (χ1v) is 8.29. The Morgan fingerprint density at radius 3 is 2.89 bits per heavy atom. The second kappa shape index (κ2) is 6.79. The normalized spacial score (nSPS) is 13.0. The van der Waals surface area contributed by atoms with Crippen LogP contribution in [0.3, 0.4) is 0 Å². The number of benzene rings is 2. The monoisotopic (exact) mass is 364 g/mol. The van der Waals surface area contributed by atoms with E-state index in [1.54, 1.807) is 30.3 Å². The highest BCUT2D eigenvalue weighted by atomic mass is 16.6. The van der Waals surface area contributed by atoms with Gasteiger partial charge in [-0.1, -0.05) is 24.3 Å². The molecule has 3 N–H and O–H groups in total. The van der Waals surface area contributed by atoms with Gasteiger partial charge >= 0.3 is 0 Å². The molecule has 27 heavy (non-hydrogen) atoms. The third kappa shape index (κ3) is 3.17. The standard InChI is InChI=1S/C18H16N6O3/c25-17(20-10-12-4-1-2-7-15(12)24(26)27)13-5-3-6-14-16(13)22-18(21-14)23-9-8-19-11-23/h1-9,19H,10-11H2,(H,20,25)(H,21,22). The maximum Gasteiger partial charge on any atom is 0.274 e. The van der Waals surface area contributed by atoms with E-state index < -0.39 is 4.92 Å². The smallest absolute Gasteiger partial charge is 0.274 e. The second-order valence-electron chi connectivity index (χ2n) is 5.98. The van der Waals surface area contributed by atoms with Gasteiger partial charge in [0, 0.05) is 30.6 Å². The Balaban J connectivity index is 1.58. The van der Waals surface area contributed by atoms with E-state index in [-0.39, 0.29) is 18.1 Å². The molecule has 0 bridgehead atoms. The second-order valence-corrected chi connectivity index (χ2v) is 5.98. The van der Waals surface area contributed by atoms with Crippen LogP contribution in [-0.4, -0.2) is 27.5 Å². The molecule has 9 nitrogen and oxygen atoms in total. The largest absolute Gasteiger partial charge is 0.372 e. The van der Waals surface area contributed by atoms with Gasteiger partial charge < -0.3 is 15.6 Å². The van der Waals surface area contributed by atoms with Gasteiger partial charge in [-0.3, -0.25) is 19.8 Å². The van der Waals surface area contributed by atoms with E-state index in [2.05, 4.69) is 20.6 Å². The van der Waals surface area contributed by atoms with Gasteiger partial charge in [0.15, 0.2) is 0 Å². The molecule has 0 unspecified atom stereocenters. The lowest BCUT2D eigenvalue weighted by Crippen LogP contribution is -2.23. The number of para-hydroxylation sites is 2. The molecule has 1 aromatic heterocycles. The molecule has 2 heterocycles. The number of hydrogen-bond acceptors (Lipinski definition) is 6. The molecule has 1 aliphatic rings. The van der Waals surface area contributed by atoms with Gasteiger partial charge in [0.1, 0.15) is 5.52 Å². The Labute approximate surface area is 153 Å². The minimum atomic E-state index is -0.459. The number of nitrogens with one attached hydrogen (secondary N) is 3. The lowest BCUT2D eigenvalue weighted by atomic mass is 10.1. The minimum absolute atomic E-state index is 0.0219. The van der Waals surface area contributed by atoms with Crippen molar-refractivity contribution in [1.29, 1.82) is 0 Å². The SMILES string of the molecule is O=C(NCc1ccccc1[N+](=O)[O-])c1cccc2[nH]c(N3C=CNC3)nc12. The van der Waals surface area contributed by atoms with Crippen molar-refractivity contribution in [2.24, 2.45) is 0 Å². The van der Waals surface area contributed by atoms with Gasteiger partial charge in [0.05, 0.1) is 22.7 Å².